The zero-order valence-corrected chi connectivity index (χ0v) is 11.6. The van der Waals surface area contributed by atoms with Crippen LogP contribution in [0.5, 0.6) is 0 Å². The molecule has 1 aromatic rings. The molecule has 0 unspecified atom stereocenters. The zero-order valence-electron chi connectivity index (χ0n) is 11.6. The van der Waals surface area contributed by atoms with E-state index >= 15 is 0 Å². The van der Waals surface area contributed by atoms with Gasteiger partial charge in [0.25, 0.3) is 0 Å². The van der Waals surface area contributed by atoms with E-state index in [0.717, 1.165) is 12.8 Å². The molecule has 3 rings (SSSR count). The molecular formula is C13H19N3O4. The van der Waals surface area contributed by atoms with Crippen molar-refractivity contribution in [1.82, 2.24) is 15.1 Å². The minimum Gasteiger partial charge on any atom is -0.426 e. The van der Waals surface area contributed by atoms with Gasteiger partial charge in [-0.2, -0.15) is 0 Å². The van der Waals surface area contributed by atoms with Crippen LogP contribution in [0.25, 0.3) is 0 Å². The maximum atomic E-state index is 12.1. The summed E-state index contributed by atoms with van der Waals surface area (Å²) >= 11 is 0. The van der Waals surface area contributed by atoms with Crippen LogP contribution in [0.3, 0.4) is 0 Å². The Hall–Kier alpha value is -1.47. The molecule has 0 N–H and O–H groups in total. The summed E-state index contributed by atoms with van der Waals surface area (Å²) in [5.41, 5.74) is 0. The summed E-state index contributed by atoms with van der Waals surface area (Å²) in [6.07, 6.45) is 2.39. The highest BCUT2D eigenvalue weighted by molar-refractivity contribution is 5.76. The van der Waals surface area contributed by atoms with Gasteiger partial charge in [0.1, 0.15) is 0 Å². The molecule has 110 valence electrons. The lowest BCUT2D eigenvalue weighted by molar-refractivity contribution is -0.187. The molecule has 2 fully saturated rings. The zero-order chi connectivity index (χ0) is 14.0. The second-order valence-electron chi connectivity index (χ2n) is 5.20. The van der Waals surface area contributed by atoms with E-state index in [4.69, 9.17) is 13.9 Å². The fourth-order valence-corrected chi connectivity index (χ4v) is 2.69. The topological polar surface area (TPSA) is 77.7 Å². The van der Waals surface area contributed by atoms with Crippen LogP contribution in [-0.4, -0.2) is 53.1 Å². The first-order valence-electron chi connectivity index (χ1n) is 7.02. The molecular weight excluding hydrogens is 262 g/mol. The van der Waals surface area contributed by atoms with Crippen LogP contribution < -0.4 is 0 Å². The van der Waals surface area contributed by atoms with E-state index < -0.39 is 5.79 Å². The van der Waals surface area contributed by atoms with Gasteiger partial charge in [0.2, 0.25) is 17.7 Å². The van der Waals surface area contributed by atoms with Crippen LogP contribution in [0.2, 0.25) is 0 Å². The van der Waals surface area contributed by atoms with Crippen LogP contribution in [0.4, 0.5) is 0 Å². The summed E-state index contributed by atoms with van der Waals surface area (Å²) in [5.74, 6) is 0.740. The van der Waals surface area contributed by atoms with E-state index in [2.05, 4.69) is 10.2 Å². The smallest absolute Gasteiger partial charge is 0.223 e. The minimum atomic E-state index is -0.430. The molecule has 3 heterocycles. The standard InChI is InChI=1S/C13H19N3O4/c1-10-14-15-11(20-10)2-3-12(17)16-6-4-13(5-7-16)18-8-9-19-13/h2-9H2,1H3. The number of nitrogens with zero attached hydrogens (tertiary/aromatic N) is 3. The summed E-state index contributed by atoms with van der Waals surface area (Å²) in [4.78, 5) is 14.0. The Bertz CT molecular complexity index is 472. The molecule has 0 aliphatic carbocycles. The summed E-state index contributed by atoms with van der Waals surface area (Å²) in [6.45, 7) is 4.42. The average molecular weight is 281 g/mol. The molecule has 7 nitrogen and oxygen atoms in total. The Labute approximate surface area is 117 Å². The van der Waals surface area contributed by atoms with Crippen molar-refractivity contribution in [3.63, 3.8) is 0 Å². The molecule has 2 aliphatic rings. The summed E-state index contributed by atoms with van der Waals surface area (Å²) in [7, 11) is 0. The molecule has 2 aliphatic heterocycles. The Morgan fingerprint density at radius 1 is 1.25 bits per heavy atom. The Balaban J connectivity index is 1.46. The quantitative estimate of drug-likeness (QED) is 0.810. The van der Waals surface area contributed by atoms with Gasteiger partial charge in [-0.1, -0.05) is 0 Å². The highest BCUT2D eigenvalue weighted by Crippen LogP contribution is 2.31. The second-order valence-corrected chi connectivity index (χ2v) is 5.20. The van der Waals surface area contributed by atoms with E-state index in [1.165, 1.54) is 0 Å². The van der Waals surface area contributed by atoms with Gasteiger partial charge < -0.3 is 18.8 Å². The van der Waals surface area contributed by atoms with Gasteiger partial charge in [-0.25, -0.2) is 0 Å². The number of rotatable bonds is 3. The van der Waals surface area contributed by atoms with Gasteiger partial charge in [-0.15, -0.1) is 10.2 Å². The van der Waals surface area contributed by atoms with E-state index in [1.807, 2.05) is 4.90 Å². The molecule has 0 aromatic carbocycles. The molecule has 1 aromatic heterocycles. The largest absolute Gasteiger partial charge is 0.426 e. The SMILES string of the molecule is Cc1nnc(CCC(=O)N2CCC3(CC2)OCCO3)o1. The number of likely N-dealkylation sites (tertiary alicyclic amines) is 1. The van der Waals surface area contributed by atoms with Crippen molar-refractivity contribution in [3.8, 4) is 0 Å². The van der Waals surface area contributed by atoms with Crippen molar-refractivity contribution in [2.75, 3.05) is 26.3 Å². The highest BCUT2D eigenvalue weighted by atomic mass is 16.7. The molecule has 0 atom stereocenters. The molecule has 1 spiro atoms. The molecule has 1 amide bonds. The molecule has 0 radical (unpaired) electrons. The normalized spacial score (nSPS) is 21.6. The first-order valence-corrected chi connectivity index (χ1v) is 7.02. The van der Waals surface area contributed by atoms with Crippen LogP contribution in [-0.2, 0) is 20.7 Å². The highest BCUT2D eigenvalue weighted by Gasteiger charge is 2.40. The third-order valence-corrected chi connectivity index (χ3v) is 3.81. The fourth-order valence-electron chi connectivity index (χ4n) is 2.69. The number of piperidine rings is 1. The van der Waals surface area contributed by atoms with E-state index in [0.29, 0.717) is 50.9 Å². The Morgan fingerprint density at radius 2 is 1.95 bits per heavy atom. The number of hydrogen-bond acceptors (Lipinski definition) is 6. The van der Waals surface area contributed by atoms with Gasteiger partial charge in [0, 0.05) is 45.7 Å². The van der Waals surface area contributed by atoms with Crippen molar-refractivity contribution in [2.24, 2.45) is 0 Å². The van der Waals surface area contributed by atoms with Crippen molar-refractivity contribution < 1.29 is 18.7 Å². The number of amides is 1. The van der Waals surface area contributed by atoms with Gasteiger partial charge in [-0.3, -0.25) is 4.79 Å². The number of carbonyl (C=O) groups is 1. The van der Waals surface area contributed by atoms with Crippen LogP contribution in [0.1, 0.15) is 31.0 Å². The van der Waals surface area contributed by atoms with Crippen LogP contribution in [0.15, 0.2) is 4.42 Å². The molecule has 0 saturated carbocycles. The summed E-state index contributed by atoms with van der Waals surface area (Å²) < 4.78 is 16.6. The minimum absolute atomic E-state index is 0.119. The van der Waals surface area contributed by atoms with Gasteiger partial charge >= 0.3 is 0 Å². The third kappa shape index (κ3) is 2.83. The second kappa shape index (κ2) is 5.49. The number of ether oxygens (including phenoxy) is 2. The van der Waals surface area contributed by atoms with Crippen molar-refractivity contribution in [3.05, 3.63) is 11.8 Å². The summed E-state index contributed by atoms with van der Waals surface area (Å²) in [6, 6.07) is 0. The van der Waals surface area contributed by atoms with E-state index in [-0.39, 0.29) is 5.91 Å². The number of carbonyl (C=O) groups excluding carboxylic acids is 1. The molecule has 7 heteroatoms. The van der Waals surface area contributed by atoms with Crippen molar-refractivity contribution >= 4 is 5.91 Å². The first-order chi connectivity index (χ1) is 9.67. The maximum Gasteiger partial charge on any atom is 0.223 e. The predicted octanol–water partition coefficient (Wildman–Crippen LogP) is 0.676. The lowest BCUT2D eigenvalue weighted by Crippen LogP contribution is -2.47. The maximum absolute atomic E-state index is 12.1. The number of aromatic nitrogens is 2. The summed E-state index contributed by atoms with van der Waals surface area (Å²) in [5, 5.41) is 7.64. The Morgan fingerprint density at radius 3 is 2.55 bits per heavy atom. The lowest BCUT2D eigenvalue weighted by atomic mass is 10.0. The molecule has 20 heavy (non-hydrogen) atoms. The Kier molecular flexibility index (Phi) is 3.71. The molecule has 0 bridgehead atoms. The average Bonchev–Trinajstić information content (AvgIpc) is 3.07. The number of aryl methyl sites for hydroxylation is 2. The van der Waals surface area contributed by atoms with Crippen molar-refractivity contribution in [2.45, 2.75) is 38.4 Å². The van der Waals surface area contributed by atoms with Gasteiger partial charge in [-0.05, 0) is 0 Å². The predicted molar refractivity (Wildman–Crippen MR) is 67.8 cm³/mol. The fraction of sp³-hybridized carbons (Fsp3) is 0.769. The molecule has 2 saturated heterocycles. The third-order valence-electron chi connectivity index (χ3n) is 3.81. The monoisotopic (exact) mass is 281 g/mol. The van der Waals surface area contributed by atoms with Crippen LogP contribution >= 0.6 is 0 Å². The van der Waals surface area contributed by atoms with Crippen molar-refractivity contribution in [1.29, 1.82) is 0 Å². The van der Waals surface area contributed by atoms with Crippen LogP contribution in [0, 0.1) is 6.92 Å². The number of hydrogen-bond donors (Lipinski definition) is 0. The van der Waals surface area contributed by atoms with E-state index in [1.54, 1.807) is 6.92 Å². The lowest BCUT2D eigenvalue weighted by Gasteiger charge is -2.37. The van der Waals surface area contributed by atoms with Gasteiger partial charge in [0.05, 0.1) is 13.2 Å². The first kappa shape index (κ1) is 13.5. The van der Waals surface area contributed by atoms with Gasteiger partial charge in [0.15, 0.2) is 5.79 Å². The van der Waals surface area contributed by atoms with E-state index in [9.17, 15) is 4.79 Å².